The van der Waals surface area contributed by atoms with Crippen molar-refractivity contribution in [1.82, 2.24) is 9.55 Å². The average Bonchev–Trinajstić information content (AvgIpc) is 2.49. The van der Waals surface area contributed by atoms with E-state index in [9.17, 15) is 0 Å². The van der Waals surface area contributed by atoms with Crippen LogP contribution in [0.4, 0.5) is 0 Å². The summed E-state index contributed by atoms with van der Waals surface area (Å²) in [6, 6.07) is 0. The summed E-state index contributed by atoms with van der Waals surface area (Å²) in [5, 5.41) is 0. The lowest BCUT2D eigenvalue weighted by Crippen LogP contribution is -2.32. The molecule has 1 heterocycles. The van der Waals surface area contributed by atoms with E-state index in [0.29, 0.717) is 6.73 Å². The van der Waals surface area contributed by atoms with E-state index in [1.807, 2.05) is 17.7 Å². The molecular weight excluding hydrogens is 196 g/mol. The van der Waals surface area contributed by atoms with Crippen molar-refractivity contribution in [1.29, 1.82) is 0 Å². The van der Waals surface area contributed by atoms with Crippen molar-refractivity contribution in [2.75, 3.05) is 0 Å². The molecule has 14 heavy (non-hydrogen) atoms. The molecule has 1 atom stereocenters. The molecule has 0 amide bonds. The van der Waals surface area contributed by atoms with Gasteiger partial charge in [0.25, 0.3) is 0 Å². The maximum absolute atomic E-state index is 5.72. The Morgan fingerprint density at radius 3 is 2.64 bits per heavy atom. The van der Waals surface area contributed by atoms with Crippen LogP contribution in [0, 0.1) is 0 Å². The maximum Gasteiger partial charge on any atom is 0.187 e. The second kappa shape index (κ2) is 4.72. The van der Waals surface area contributed by atoms with Crippen LogP contribution in [0.25, 0.3) is 0 Å². The van der Waals surface area contributed by atoms with Gasteiger partial charge < -0.3 is 13.7 Å². The van der Waals surface area contributed by atoms with Gasteiger partial charge in [0.2, 0.25) is 0 Å². The highest BCUT2D eigenvalue weighted by Crippen LogP contribution is 2.08. The summed E-state index contributed by atoms with van der Waals surface area (Å²) < 4.78 is 13.1. The fourth-order valence-electron chi connectivity index (χ4n) is 1.09. The second-order valence-corrected chi connectivity index (χ2v) is 8.63. The van der Waals surface area contributed by atoms with E-state index in [1.54, 1.807) is 12.5 Å². The second-order valence-electron chi connectivity index (χ2n) is 4.17. The molecule has 0 spiro atoms. The molecule has 0 N–H and O–H groups in total. The van der Waals surface area contributed by atoms with Gasteiger partial charge in [-0.15, -0.1) is 0 Å². The Morgan fingerprint density at radius 2 is 2.14 bits per heavy atom. The van der Waals surface area contributed by atoms with E-state index in [-0.39, 0.29) is 6.29 Å². The lowest BCUT2D eigenvalue weighted by Gasteiger charge is -2.23. The molecule has 4 nitrogen and oxygen atoms in total. The fraction of sp³-hybridized carbons (Fsp3) is 0.667. The van der Waals surface area contributed by atoms with E-state index in [0.717, 1.165) is 0 Å². The summed E-state index contributed by atoms with van der Waals surface area (Å²) in [4.78, 5) is 3.93. The Bertz CT molecular complexity index is 256. The first-order valence-corrected chi connectivity index (χ1v) is 8.13. The molecule has 0 aliphatic heterocycles. The number of ether oxygens (including phenoxy) is 1. The monoisotopic (exact) mass is 214 g/mol. The van der Waals surface area contributed by atoms with Crippen molar-refractivity contribution >= 4 is 8.32 Å². The van der Waals surface area contributed by atoms with Crippen molar-refractivity contribution in [3.05, 3.63) is 18.7 Å². The molecule has 0 saturated heterocycles. The molecule has 0 radical (unpaired) electrons. The predicted molar refractivity (Wildman–Crippen MR) is 57.2 cm³/mol. The average molecular weight is 214 g/mol. The van der Waals surface area contributed by atoms with Crippen LogP contribution in [-0.4, -0.2) is 24.2 Å². The Kier molecular flexibility index (Phi) is 3.85. The van der Waals surface area contributed by atoms with Gasteiger partial charge in [0.05, 0.1) is 6.33 Å². The van der Waals surface area contributed by atoms with Gasteiger partial charge in [0, 0.05) is 12.4 Å². The molecule has 0 saturated carbocycles. The molecule has 1 rings (SSSR count). The number of rotatable bonds is 5. The third kappa shape index (κ3) is 4.55. The molecule has 0 aliphatic rings. The van der Waals surface area contributed by atoms with Crippen LogP contribution in [0.1, 0.15) is 6.92 Å². The third-order valence-corrected chi connectivity index (χ3v) is 2.58. The van der Waals surface area contributed by atoms with Gasteiger partial charge in [-0.25, -0.2) is 4.98 Å². The summed E-state index contributed by atoms with van der Waals surface area (Å²) in [5.41, 5.74) is 0. The zero-order valence-corrected chi connectivity index (χ0v) is 10.2. The van der Waals surface area contributed by atoms with Crippen LogP contribution in [0.3, 0.4) is 0 Å². The van der Waals surface area contributed by atoms with E-state index in [4.69, 9.17) is 9.16 Å². The van der Waals surface area contributed by atoms with Gasteiger partial charge >= 0.3 is 0 Å². The number of hydrogen-bond acceptors (Lipinski definition) is 3. The molecule has 0 fully saturated rings. The largest absolute Gasteiger partial charge is 0.393 e. The van der Waals surface area contributed by atoms with Crippen LogP contribution < -0.4 is 0 Å². The van der Waals surface area contributed by atoms with E-state index >= 15 is 0 Å². The number of hydrogen-bond donors (Lipinski definition) is 0. The van der Waals surface area contributed by atoms with Crippen LogP contribution in [0.5, 0.6) is 0 Å². The van der Waals surface area contributed by atoms with Crippen LogP contribution in [0.2, 0.25) is 19.6 Å². The summed E-state index contributed by atoms with van der Waals surface area (Å²) in [5.74, 6) is 0. The minimum absolute atomic E-state index is 0.149. The molecule has 1 unspecified atom stereocenters. The molecule has 0 bridgehead atoms. The Morgan fingerprint density at radius 1 is 1.43 bits per heavy atom. The normalized spacial score (nSPS) is 14.3. The predicted octanol–water partition coefficient (Wildman–Crippen LogP) is 2.05. The SMILES string of the molecule is CC(OCn1ccnc1)O[Si](C)(C)C. The first kappa shape index (κ1) is 11.4. The van der Waals surface area contributed by atoms with Crippen molar-refractivity contribution in [2.24, 2.45) is 0 Å². The number of imidazole rings is 1. The van der Waals surface area contributed by atoms with Gasteiger partial charge in [0.1, 0.15) is 13.0 Å². The van der Waals surface area contributed by atoms with E-state index in [2.05, 4.69) is 24.6 Å². The molecule has 1 aromatic rings. The highest BCUT2D eigenvalue weighted by Gasteiger charge is 2.18. The first-order valence-electron chi connectivity index (χ1n) is 4.72. The Hall–Kier alpha value is -0.653. The van der Waals surface area contributed by atoms with Crippen molar-refractivity contribution < 1.29 is 9.16 Å². The van der Waals surface area contributed by atoms with Crippen LogP contribution in [0.15, 0.2) is 18.7 Å². The molecule has 0 aliphatic carbocycles. The zero-order valence-electron chi connectivity index (χ0n) is 9.23. The summed E-state index contributed by atoms with van der Waals surface area (Å²) in [7, 11) is -1.49. The maximum atomic E-state index is 5.72. The lowest BCUT2D eigenvalue weighted by molar-refractivity contribution is -0.100. The first-order chi connectivity index (χ1) is 6.47. The van der Waals surface area contributed by atoms with E-state index in [1.165, 1.54) is 0 Å². The van der Waals surface area contributed by atoms with E-state index < -0.39 is 8.32 Å². The van der Waals surface area contributed by atoms with Gasteiger partial charge in [-0.3, -0.25) is 0 Å². The number of aromatic nitrogens is 2. The lowest BCUT2D eigenvalue weighted by atomic mass is 10.8. The zero-order chi connectivity index (χ0) is 10.6. The quantitative estimate of drug-likeness (QED) is 0.556. The Labute approximate surface area is 86.0 Å². The minimum atomic E-state index is -1.49. The summed E-state index contributed by atoms with van der Waals surface area (Å²) in [6.45, 7) is 8.85. The highest BCUT2D eigenvalue weighted by molar-refractivity contribution is 6.69. The van der Waals surface area contributed by atoms with Crippen molar-refractivity contribution in [3.63, 3.8) is 0 Å². The summed E-state index contributed by atoms with van der Waals surface area (Å²) >= 11 is 0. The van der Waals surface area contributed by atoms with Gasteiger partial charge in [0.15, 0.2) is 8.32 Å². The minimum Gasteiger partial charge on any atom is -0.393 e. The highest BCUT2D eigenvalue weighted by atomic mass is 28.4. The fourth-order valence-corrected chi connectivity index (χ4v) is 2.15. The topological polar surface area (TPSA) is 36.3 Å². The van der Waals surface area contributed by atoms with Crippen LogP contribution in [-0.2, 0) is 15.9 Å². The van der Waals surface area contributed by atoms with Gasteiger partial charge in [-0.2, -0.15) is 0 Å². The molecule has 80 valence electrons. The van der Waals surface area contributed by atoms with Crippen LogP contribution >= 0.6 is 0 Å². The molecule has 1 aromatic heterocycles. The molecule has 5 heteroatoms. The Balaban J connectivity index is 2.25. The van der Waals surface area contributed by atoms with Crippen molar-refractivity contribution in [3.8, 4) is 0 Å². The summed E-state index contributed by atoms with van der Waals surface area (Å²) in [6.07, 6.45) is 5.17. The molecule has 0 aromatic carbocycles. The standard InChI is InChI=1S/C9H18N2O2Si/c1-9(13-14(2,3)4)12-8-11-6-5-10-7-11/h5-7,9H,8H2,1-4H3. The third-order valence-electron chi connectivity index (χ3n) is 1.54. The van der Waals surface area contributed by atoms with Gasteiger partial charge in [-0.05, 0) is 26.6 Å². The van der Waals surface area contributed by atoms with Gasteiger partial charge in [-0.1, -0.05) is 0 Å². The molecular formula is C9H18N2O2Si. The smallest absolute Gasteiger partial charge is 0.187 e. The number of nitrogens with zero attached hydrogens (tertiary/aromatic N) is 2. The van der Waals surface area contributed by atoms with Crippen molar-refractivity contribution in [2.45, 2.75) is 39.6 Å².